The van der Waals surface area contributed by atoms with Crippen LogP contribution >= 0.6 is 15.6 Å². The van der Waals surface area contributed by atoms with Gasteiger partial charge in [-0.3, -0.25) is 37.3 Å². The van der Waals surface area contributed by atoms with E-state index in [0.717, 1.165) is 102 Å². The molecule has 0 aliphatic heterocycles. The predicted molar refractivity (Wildman–Crippen MR) is 335 cm³/mol. The van der Waals surface area contributed by atoms with Gasteiger partial charge in [-0.05, 0) is 31.6 Å². The van der Waals surface area contributed by atoms with Crippen molar-refractivity contribution in [3.05, 3.63) is 0 Å². The summed E-state index contributed by atoms with van der Waals surface area (Å²) in [6.45, 7) is 7.06. The minimum Gasteiger partial charge on any atom is -0.462 e. The Morgan fingerprint density at radius 2 is 0.548 bits per heavy atom. The van der Waals surface area contributed by atoms with Crippen LogP contribution in [0.4, 0.5) is 0 Å². The fourth-order valence-corrected chi connectivity index (χ4v) is 11.3. The monoisotopic (exact) mass is 1240 g/mol. The van der Waals surface area contributed by atoms with E-state index in [9.17, 15) is 43.2 Å². The van der Waals surface area contributed by atoms with Crippen molar-refractivity contribution in [1.29, 1.82) is 0 Å². The molecule has 0 heterocycles. The number of esters is 4. The number of ether oxygens (including phenoxy) is 4. The summed E-state index contributed by atoms with van der Waals surface area (Å²) >= 11 is 0. The van der Waals surface area contributed by atoms with Gasteiger partial charge in [0.25, 0.3) is 0 Å². The SMILES string of the molecule is CCCCCCCCCCCCCCCCCCCCCC(=O)O[C@H](COC(=O)CCCCCCCCCCC(C)C)COP(=O)(O)OC[C@@H](O)COP(=O)(O)OC[C@@H](COC(=O)CCCCCCC)OC(=O)CCCCCCCCCCC. The summed E-state index contributed by atoms with van der Waals surface area (Å²) in [6.07, 6.45) is 43.6. The van der Waals surface area contributed by atoms with Crippen molar-refractivity contribution in [2.24, 2.45) is 5.92 Å². The Hall–Kier alpha value is -1.94. The molecule has 0 rings (SSSR count). The highest BCUT2D eigenvalue weighted by Gasteiger charge is 2.30. The van der Waals surface area contributed by atoms with E-state index in [2.05, 4.69) is 34.6 Å². The summed E-state index contributed by atoms with van der Waals surface area (Å²) in [5.74, 6) is -1.42. The number of phosphoric ester groups is 2. The third kappa shape index (κ3) is 59.0. The van der Waals surface area contributed by atoms with Gasteiger partial charge in [0.1, 0.15) is 19.3 Å². The van der Waals surface area contributed by atoms with Crippen molar-refractivity contribution in [2.45, 2.75) is 348 Å². The first-order chi connectivity index (χ1) is 40.5. The predicted octanol–water partition coefficient (Wildman–Crippen LogP) is 18.2. The maximum absolute atomic E-state index is 13.0. The summed E-state index contributed by atoms with van der Waals surface area (Å²) in [7, 11) is -9.88. The number of aliphatic hydroxyl groups is 1. The number of carbonyl (C=O) groups excluding carboxylic acids is 4. The van der Waals surface area contributed by atoms with Crippen LogP contribution in [0.25, 0.3) is 0 Å². The topological polar surface area (TPSA) is 237 Å². The molecule has 0 aromatic carbocycles. The molecule has 0 fully saturated rings. The largest absolute Gasteiger partial charge is 0.472 e. The molecule has 84 heavy (non-hydrogen) atoms. The van der Waals surface area contributed by atoms with E-state index in [0.29, 0.717) is 25.7 Å². The smallest absolute Gasteiger partial charge is 0.462 e. The first-order valence-electron chi connectivity index (χ1n) is 34.1. The van der Waals surface area contributed by atoms with Crippen molar-refractivity contribution in [3.63, 3.8) is 0 Å². The summed E-state index contributed by atoms with van der Waals surface area (Å²) in [6, 6.07) is 0. The van der Waals surface area contributed by atoms with Gasteiger partial charge in [0.15, 0.2) is 12.2 Å². The van der Waals surface area contributed by atoms with Gasteiger partial charge in [-0.15, -0.1) is 0 Å². The summed E-state index contributed by atoms with van der Waals surface area (Å²) in [5.41, 5.74) is 0. The third-order valence-corrected chi connectivity index (χ3v) is 16.9. The van der Waals surface area contributed by atoms with E-state index in [1.165, 1.54) is 148 Å². The van der Waals surface area contributed by atoms with Gasteiger partial charge in [0.05, 0.1) is 26.4 Å². The van der Waals surface area contributed by atoms with E-state index in [-0.39, 0.29) is 25.7 Å². The molecule has 0 aromatic heterocycles. The Balaban J connectivity index is 5.11. The van der Waals surface area contributed by atoms with Crippen LogP contribution in [0, 0.1) is 5.92 Å². The number of unbranched alkanes of at least 4 members (excludes halogenated alkanes) is 37. The van der Waals surface area contributed by atoms with Gasteiger partial charge >= 0.3 is 39.5 Å². The molecule has 0 bridgehead atoms. The van der Waals surface area contributed by atoms with Crippen LogP contribution in [0.5, 0.6) is 0 Å². The molecule has 3 N–H and O–H groups in total. The fraction of sp³-hybridized carbons (Fsp3) is 0.938. The molecule has 2 unspecified atom stereocenters. The van der Waals surface area contributed by atoms with E-state index in [4.69, 9.17) is 37.0 Å². The molecule has 0 spiro atoms. The Kier molecular flexibility index (Phi) is 57.4. The van der Waals surface area contributed by atoms with E-state index in [1.54, 1.807) is 0 Å². The summed E-state index contributed by atoms with van der Waals surface area (Å²) < 4.78 is 67.8. The van der Waals surface area contributed by atoms with Crippen LogP contribution in [-0.4, -0.2) is 96.7 Å². The van der Waals surface area contributed by atoms with Crippen LogP contribution in [0.3, 0.4) is 0 Å². The molecule has 17 nitrogen and oxygen atoms in total. The average molecular weight is 1240 g/mol. The highest BCUT2D eigenvalue weighted by Crippen LogP contribution is 2.45. The van der Waals surface area contributed by atoms with Crippen molar-refractivity contribution in [3.8, 4) is 0 Å². The van der Waals surface area contributed by atoms with Crippen molar-refractivity contribution in [2.75, 3.05) is 39.6 Å². The van der Waals surface area contributed by atoms with Crippen LogP contribution in [0.15, 0.2) is 0 Å². The minimum absolute atomic E-state index is 0.105. The Bertz CT molecular complexity index is 1640. The highest BCUT2D eigenvalue weighted by molar-refractivity contribution is 7.47. The van der Waals surface area contributed by atoms with Crippen LogP contribution in [0.1, 0.15) is 330 Å². The Morgan fingerprint density at radius 3 is 0.810 bits per heavy atom. The zero-order chi connectivity index (χ0) is 62.0. The lowest BCUT2D eigenvalue weighted by Crippen LogP contribution is -2.30. The van der Waals surface area contributed by atoms with Crippen molar-refractivity contribution in [1.82, 2.24) is 0 Å². The molecule has 0 saturated heterocycles. The number of rotatable bonds is 65. The van der Waals surface area contributed by atoms with E-state index < -0.39 is 97.5 Å². The molecule has 498 valence electrons. The zero-order valence-electron chi connectivity index (χ0n) is 54.0. The fourth-order valence-electron chi connectivity index (χ4n) is 9.76. The van der Waals surface area contributed by atoms with Crippen LogP contribution in [-0.2, 0) is 65.4 Å². The lowest BCUT2D eigenvalue weighted by molar-refractivity contribution is -0.161. The van der Waals surface area contributed by atoms with E-state index in [1.807, 2.05) is 0 Å². The van der Waals surface area contributed by atoms with Crippen molar-refractivity contribution >= 4 is 39.5 Å². The normalized spacial score (nSPS) is 14.2. The average Bonchev–Trinajstić information content (AvgIpc) is 3.64. The van der Waals surface area contributed by atoms with Crippen molar-refractivity contribution < 1.29 is 80.2 Å². The van der Waals surface area contributed by atoms with Gasteiger partial charge in [-0.2, -0.15) is 0 Å². The second kappa shape index (κ2) is 58.7. The van der Waals surface area contributed by atoms with Gasteiger partial charge < -0.3 is 33.8 Å². The van der Waals surface area contributed by atoms with Gasteiger partial charge in [0, 0.05) is 25.7 Å². The molecule has 5 atom stereocenters. The minimum atomic E-state index is -4.94. The van der Waals surface area contributed by atoms with Crippen LogP contribution < -0.4 is 0 Å². The maximum atomic E-state index is 13.0. The molecule has 0 aliphatic rings. The Morgan fingerprint density at radius 1 is 0.321 bits per heavy atom. The number of hydrogen-bond acceptors (Lipinski definition) is 15. The second-order valence-corrected chi connectivity index (χ2v) is 26.9. The Labute approximate surface area is 511 Å². The number of hydrogen-bond donors (Lipinski definition) is 3. The summed E-state index contributed by atoms with van der Waals surface area (Å²) in [4.78, 5) is 71.9. The molecule has 0 saturated carbocycles. The lowest BCUT2D eigenvalue weighted by Gasteiger charge is -2.21. The highest BCUT2D eigenvalue weighted by atomic mass is 31.2. The quantitative estimate of drug-likeness (QED) is 0.0222. The standard InChI is InChI=1S/C65H126O17P2/c1-6-9-12-15-17-19-20-21-22-23-24-25-26-27-28-30-36-41-46-51-65(70)82-61(55-76-63(68)49-44-39-34-32-31-33-38-42-47-58(4)5)57-80-84(73,74)78-53-59(66)52-77-83(71,72)79-56-60(54-75-62(67)48-43-37-14-11-8-3)81-64(69)50-45-40-35-29-18-16-13-10-7-2/h58-61,66H,6-57H2,1-5H3,(H,71,72)(H,73,74)/t59-,60+,61+/m0/s1. The first kappa shape index (κ1) is 82.1. The molecule has 0 radical (unpaired) electrons. The van der Waals surface area contributed by atoms with Gasteiger partial charge in [-0.1, -0.05) is 279 Å². The number of phosphoric acid groups is 2. The second-order valence-electron chi connectivity index (χ2n) is 24.0. The number of carbonyl (C=O) groups is 4. The first-order valence-corrected chi connectivity index (χ1v) is 37.1. The molecular formula is C65H126O17P2. The third-order valence-electron chi connectivity index (χ3n) is 15.0. The molecular weight excluding hydrogens is 1110 g/mol. The number of aliphatic hydroxyl groups excluding tert-OH is 1. The molecule has 0 amide bonds. The van der Waals surface area contributed by atoms with E-state index >= 15 is 0 Å². The van der Waals surface area contributed by atoms with Crippen LogP contribution in [0.2, 0.25) is 0 Å². The zero-order valence-corrected chi connectivity index (χ0v) is 55.8. The summed E-state index contributed by atoms with van der Waals surface area (Å²) in [5, 5.41) is 10.5. The van der Waals surface area contributed by atoms with Gasteiger partial charge in [0.2, 0.25) is 0 Å². The van der Waals surface area contributed by atoms with Gasteiger partial charge in [-0.25, -0.2) is 9.13 Å². The maximum Gasteiger partial charge on any atom is 0.472 e. The molecule has 19 heteroatoms. The molecule has 0 aromatic rings. The lowest BCUT2D eigenvalue weighted by atomic mass is 10.0. The molecule has 0 aliphatic carbocycles.